The van der Waals surface area contributed by atoms with Gasteiger partial charge < -0.3 is 19.9 Å². The van der Waals surface area contributed by atoms with Crippen molar-refractivity contribution in [3.63, 3.8) is 0 Å². The second-order valence-corrected chi connectivity index (χ2v) is 4.72. The molecule has 1 aromatic heterocycles. The van der Waals surface area contributed by atoms with Crippen LogP contribution < -0.4 is 5.31 Å². The van der Waals surface area contributed by atoms with E-state index in [0.717, 1.165) is 11.1 Å². The smallest absolute Gasteiger partial charge is 0.407 e. The van der Waals surface area contributed by atoms with E-state index >= 15 is 0 Å². The number of aryl methyl sites for hydroxylation is 1. The van der Waals surface area contributed by atoms with Gasteiger partial charge in [-0.2, -0.15) is 0 Å². The molecule has 3 rings (SSSR count). The molecule has 1 saturated heterocycles. The van der Waals surface area contributed by atoms with E-state index in [-0.39, 0.29) is 27.3 Å². The quantitative estimate of drug-likeness (QED) is 0.887. The Hall–Kier alpha value is -2.01. The van der Waals surface area contributed by atoms with E-state index in [4.69, 9.17) is 15.2 Å². The van der Waals surface area contributed by atoms with Crippen LogP contribution in [0.5, 0.6) is 0 Å². The molecular weight excluding hydrogens is 266 g/mol. The van der Waals surface area contributed by atoms with Gasteiger partial charge in [0.2, 0.25) is 0 Å². The number of rotatable bonds is 5. The number of carbonyl (C=O) groups is 1. The fourth-order valence-electron chi connectivity index (χ4n) is 1.87. The van der Waals surface area contributed by atoms with Crippen LogP contribution in [0.4, 0.5) is 4.79 Å². The molecule has 1 atom stereocenters. The number of amides is 1. The number of benzene rings is 1. The number of ether oxygens (including phenoxy) is 1. The zero-order chi connectivity index (χ0) is 24.5. The van der Waals surface area contributed by atoms with Crippen molar-refractivity contribution in [3.8, 4) is 0 Å². The number of aromatic amines is 1. The van der Waals surface area contributed by atoms with Crippen LogP contribution >= 0.6 is 0 Å². The summed E-state index contributed by atoms with van der Waals surface area (Å²) in [7, 11) is 2.65. The highest BCUT2D eigenvalue weighted by atomic mass is 16.6. The highest BCUT2D eigenvalue weighted by Crippen LogP contribution is 2.21. The van der Waals surface area contributed by atoms with Gasteiger partial charge in [-0.15, -0.1) is 0 Å². The fraction of sp³-hybridized carbons (Fsp3) is 0.438. The molecule has 112 valence electrons. The molecule has 0 aliphatic carbocycles. The minimum absolute atomic E-state index is 0.243. The summed E-state index contributed by atoms with van der Waals surface area (Å²) in [6.45, 7) is -5.17. The lowest BCUT2D eigenvalue weighted by Crippen LogP contribution is -2.28. The Balaban J connectivity index is 2.29. The molecule has 0 spiro atoms. The number of alkyl carbamates (subject to hydrolysis) is 1. The number of carbonyl (C=O) groups excluding carboxylic acids is 1. The Morgan fingerprint density at radius 2 is 2.48 bits per heavy atom. The van der Waals surface area contributed by atoms with Crippen LogP contribution in [0, 0.1) is 0 Å². The molecular formula is C16H21N3O2. The minimum Gasteiger partial charge on any atom is -0.447 e. The molecule has 1 aromatic carbocycles. The largest absolute Gasteiger partial charge is 0.447 e. The summed E-state index contributed by atoms with van der Waals surface area (Å²) in [5.74, 6) is 0. The van der Waals surface area contributed by atoms with Gasteiger partial charge >= 0.3 is 6.09 Å². The normalized spacial score (nSPS) is 30.0. The highest BCUT2D eigenvalue weighted by molar-refractivity contribution is 5.84. The van der Waals surface area contributed by atoms with E-state index in [1.54, 1.807) is 0 Å². The molecule has 1 fully saturated rings. The van der Waals surface area contributed by atoms with Crippen LogP contribution in [0.25, 0.3) is 10.9 Å². The molecule has 21 heavy (non-hydrogen) atoms. The Labute approximate surface area is 139 Å². The molecule has 0 saturated carbocycles. The number of likely N-dealkylation sites (N-methyl/N-ethyl adjacent to an activating group) is 1. The fourth-order valence-corrected chi connectivity index (χ4v) is 1.87. The van der Waals surface area contributed by atoms with Crippen molar-refractivity contribution in [2.45, 2.75) is 18.8 Å². The molecule has 2 heterocycles. The van der Waals surface area contributed by atoms with Crippen molar-refractivity contribution in [2.24, 2.45) is 0 Å². The Kier molecular flexibility index (Phi) is 1.65. The Morgan fingerprint density at radius 3 is 3.19 bits per heavy atom. The van der Waals surface area contributed by atoms with Gasteiger partial charge in [-0.05, 0) is 50.1 Å². The number of hydrogen-bond acceptors (Lipinski definition) is 3. The monoisotopic (exact) mass is 298 g/mol. The molecule has 1 amide bonds. The number of hydrogen-bond donors (Lipinski definition) is 2. The molecule has 1 aliphatic heterocycles. The first-order valence-electron chi connectivity index (χ1n) is 11.7. The molecule has 0 unspecified atom stereocenters. The molecule has 0 radical (unpaired) electrons. The van der Waals surface area contributed by atoms with Crippen molar-refractivity contribution in [2.75, 3.05) is 27.2 Å². The van der Waals surface area contributed by atoms with E-state index in [1.165, 1.54) is 14.1 Å². The third-order valence-corrected chi connectivity index (χ3v) is 2.79. The van der Waals surface area contributed by atoms with Crippen LogP contribution in [0.1, 0.15) is 23.5 Å². The maximum atomic E-state index is 11.6. The summed E-state index contributed by atoms with van der Waals surface area (Å²) in [4.78, 5) is 13.2. The third-order valence-electron chi connectivity index (χ3n) is 2.79. The van der Waals surface area contributed by atoms with Crippen molar-refractivity contribution in [1.82, 2.24) is 15.2 Å². The van der Waals surface area contributed by atoms with Crippen LogP contribution in [0.3, 0.4) is 0 Å². The van der Waals surface area contributed by atoms with Gasteiger partial charge in [0.05, 0.1) is 12.9 Å². The van der Waals surface area contributed by atoms with E-state index in [9.17, 15) is 4.79 Å². The molecule has 2 N–H and O–H groups in total. The van der Waals surface area contributed by atoms with Gasteiger partial charge in [-0.3, -0.25) is 0 Å². The Morgan fingerprint density at radius 1 is 1.62 bits per heavy atom. The Bertz CT molecular complexity index is 1100. The number of aromatic nitrogens is 1. The van der Waals surface area contributed by atoms with E-state index in [2.05, 4.69) is 4.74 Å². The van der Waals surface area contributed by atoms with Crippen LogP contribution in [0.15, 0.2) is 24.3 Å². The van der Waals surface area contributed by atoms with Gasteiger partial charge in [0.25, 0.3) is 0 Å². The van der Waals surface area contributed by atoms with Crippen molar-refractivity contribution in [1.29, 1.82) is 0 Å². The summed E-state index contributed by atoms with van der Waals surface area (Å²) in [6.07, 6.45) is -3.59. The first-order chi connectivity index (χ1) is 14.5. The van der Waals surface area contributed by atoms with Crippen LogP contribution in [0.2, 0.25) is 2.82 Å². The van der Waals surface area contributed by atoms with Crippen LogP contribution in [-0.4, -0.2) is 49.2 Å². The van der Waals surface area contributed by atoms with Crippen LogP contribution in [-0.2, 0) is 17.5 Å². The first kappa shape index (κ1) is 6.01. The summed E-state index contributed by atoms with van der Waals surface area (Å²) >= 11 is 0. The third kappa shape index (κ3) is 3.19. The average Bonchev–Trinajstić information content (AvgIpc) is 3.11. The predicted octanol–water partition coefficient (Wildman–Crippen LogP) is 1.92. The zero-order valence-corrected chi connectivity index (χ0v) is 11.5. The lowest BCUT2D eigenvalue weighted by molar-refractivity contribution is 0.177. The van der Waals surface area contributed by atoms with Gasteiger partial charge in [0.15, 0.2) is 2.82 Å². The summed E-state index contributed by atoms with van der Waals surface area (Å²) in [6, 6.07) is -3.13. The SMILES string of the molecule is [2H]c1c(C[C@@H]2N([2H])C(=O)OC2([2H])[2H])c([2H])c2c(C([2H])([2H])C([2H])([2H])N(C)C)cn([2H])c2c1[2H]. The number of nitrogens with zero attached hydrogens (tertiary/aromatic N) is 1. The van der Waals surface area contributed by atoms with Gasteiger partial charge in [0, 0.05) is 29.1 Å². The zero-order valence-electron chi connectivity index (χ0n) is 22.5. The number of nitrogens with one attached hydrogen (secondary N) is 2. The molecule has 0 bridgehead atoms. The number of H-pyrrole nitrogens is 1. The summed E-state index contributed by atoms with van der Waals surface area (Å²) in [5, 5.41) is -0.0261. The first-order valence-corrected chi connectivity index (χ1v) is 6.28. The molecule has 1 aliphatic rings. The minimum atomic E-state index is -2.74. The lowest BCUT2D eigenvalue weighted by Gasteiger charge is -2.09. The van der Waals surface area contributed by atoms with Gasteiger partial charge in [-0.1, -0.05) is 6.04 Å². The van der Waals surface area contributed by atoms with E-state index in [1.807, 2.05) is 0 Å². The van der Waals surface area contributed by atoms with Crippen molar-refractivity contribution >= 4 is 17.0 Å². The van der Waals surface area contributed by atoms with E-state index in [0.29, 0.717) is 4.98 Å². The number of cyclic esters (lactones) is 1. The molecule has 5 heteroatoms. The maximum Gasteiger partial charge on any atom is 0.407 e. The predicted molar refractivity (Wildman–Crippen MR) is 82.5 cm³/mol. The molecule has 5 nitrogen and oxygen atoms in total. The van der Waals surface area contributed by atoms with E-state index < -0.39 is 56.1 Å². The lowest BCUT2D eigenvalue weighted by atomic mass is 10.0. The topological polar surface area (TPSA) is 57.4 Å². The van der Waals surface area contributed by atoms with Crippen molar-refractivity contribution < 1.29 is 24.7 Å². The summed E-state index contributed by atoms with van der Waals surface area (Å²) < 4.78 is 94.4. The average molecular weight is 298 g/mol. The highest BCUT2D eigenvalue weighted by Gasteiger charge is 2.22. The second-order valence-electron chi connectivity index (χ2n) is 4.72. The standard InChI is InChI=1S/C16H21N3O2/c1-19(2)6-5-12-9-17-15-4-3-11(8-14(12)15)7-13-10-21-16(20)18-13/h3-4,8-9,13,17H,5-7,10H2,1-2H3,(H,18,20)/t13-/m0/s1/i3D,4D,5D2,6D2,8D,10D2/hD2. The van der Waals surface area contributed by atoms with Gasteiger partial charge in [0.1, 0.15) is 6.56 Å². The van der Waals surface area contributed by atoms with Crippen molar-refractivity contribution in [3.05, 3.63) is 35.5 Å². The second kappa shape index (κ2) is 5.77. The summed E-state index contributed by atoms with van der Waals surface area (Å²) in [5.41, 5.74) is -0.910. The number of fused-ring (bicyclic) bond motifs is 1. The van der Waals surface area contributed by atoms with Gasteiger partial charge in [-0.25, -0.2) is 4.79 Å². The molecule has 2 aromatic rings. The maximum absolute atomic E-state index is 11.6.